The lowest BCUT2D eigenvalue weighted by Crippen LogP contribution is -1.87. The first kappa shape index (κ1) is 9.18. The largest absolute Gasteiger partial charge is 0.380 e. The molecular weight excluding hydrogens is 124 g/mol. The van der Waals surface area contributed by atoms with E-state index in [9.17, 15) is 0 Å². The Morgan fingerprint density at radius 3 is 2.70 bits per heavy atom. The van der Waals surface area contributed by atoms with Gasteiger partial charge < -0.3 is 4.74 Å². The van der Waals surface area contributed by atoms with Crippen LogP contribution < -0.4 is 0 Å². The van der Waals surface area contributed by atoms with Crippen LogP contribution in [0.25, 0.3) is 0 Å². The molecule has 0 rings (SSSR count). The van der Waals surface area contributed by atoms with Crippen LogP contribution in [0.3, 0.4) is 0 Å². The van der Waals surface area contributed by atoms with Crippen LogP contribution in [-0.4, -0.2) is 13.7 Å². The van der Waals surface area contributed by atoms with Crippen molar-refractivity contribution in [2.24, 2.45) is 0 Å². The minimum Gasteiger partial charge on any atom is -0.380 e. The van der Waals surface area contributed by atoms with E-state index in [1.165, 1.54) is 0 Å². The zero-order valence-corrected chi connectivity index (χ0v) is 6.63. The molecule has 0 aromatic carbocycles. The van der Waals surface area contributed by atoms with Crippen molar-refractivity contribution < 1.29 is 4.74 Å². The fraction of sp³-hybridized carbons (Fsp3) is 0.333. The Bertz CT molecular complexity index is 143. The van der Waals surface area contributed by atoms with Gasteiger partial charge in [-0.1, -0.05) is 30.9 Å². The first-order valence-electron chi connectivity index (χ1n) is 3.27. The van der Waals surface area contributed by atoms with Crippen molar-refractivity contribution in [3.8, 4) is 0 Å². The molecule has 0 aliphatic heterocycles. The zero-order chi connectivity index (χ0) is 7.82. The van der Waals surface area contributed by atoms with Gasteiger partial charge in [-0.25, -0.2) is 0 Å². The standard InChI is InChI=1S/C9H14O/c1-4-5-6-7-9(2)8-10-3/h4-7H,2,8H2,1,3H3/b5-4-,7-6-. The van der Waals surface area contributed by atoms with Crippen molar-refractivity contribution >= 4 is 0 Å². The molecule has 0 unspecified atom stereocenters. The van der Waals surface area contributed by atoms with Crippen LogP contribution in [-0.2, 0) is 4.74 Å². The van der Waals surface area contributed by atoms with Crippen molar-refractivity contribution in [2.75, 3.05) is 13.7 Å². The quantitative estimate of drug-likeness (QED) is 0.542. The summed E-state index contributed by atoms with van der Waals surface area (Å²) in [7, 11) is 1.66. The van der Waals surface area contributed by atoms with Crippen molar-refractivity contribution in [1.29, 1.82) is 0 Å². The lowest BCUT2D eigenvalue weighted by Gasteiger charge is -1.93. The predicted molar refractivity (Wildman–Crippen MR) is 45.0 cm³/mol. The molecule has 1 nitrogen and oxygen atoms in total. The third-order valence-corrected chi connectivity index (χ3v) is 0.965. The molecule has 0 bridgehead atoms. The molecule has 0 spiro atoms. The van der Waals surface area contributed by atoms with Crippen molar-refractivity contribution in [3.05, 3.63) is 36.5 Å². The molecule has 0 aromatic heterocycles. The van der Waals surface area contributed by atoms with Gasteiger partial charge in [-0.15, -0.1) is 0 Å². The Labute approximate surface area is 62.7 Å². The van der Waals surface area contributed by atoms with Crippen LogP contribution in [0.15, 0.2) is 36.5 Å². The average molecular weight is 138 g/mol. The van der Waals surface area contributed by atoms with Gasteiger partial charge in [0.05, 0.1) is 6.61 Å². The van der Waals surface area contributed by atoms with Crippen LogP contribution in [0, 0.1) is 0 Å². The maximum atomic E-state index is 4.86. The number of hydrogen-bond acceptors (Lipinski definition) is 1. The molecule has 0 saturated carbocycles. The van der Waals surface area contributed by atoms with Gasteiger partial charge in [-0.3, -0.25) is 0 Å². The SMILES string of the molecule is C=C(/C=C\C=C/C)COC. The minimum atomic E-state index is 0.605. The molecule has 0 radical (unpaired) electrons. The van der Waals surface area contributed by atoms with E-state index in [1.807, 2.05) is 31.2 Å². The van der Waals surface area contributed by atoms with E-state index in [4.69, 9.17) is 4.74 Å². The highest BCUT2D eigenvalue weighted by molar-refractivity contribution is 5.19. The molecule has 0 aromatic rings. The summed E-state index contributed by atoms with van der Waals surface area (Å²) < 4.78 is 4.86. The van der Waals surface area contributed by atoms with Crippen LogP contribution in [0.1, 0.15) is 6.92 Å². The van der Waals surface area contributed by atoms with E-state index in [1.54, 1.807) is 7.11 Å². The van der Waals surface area contributed by atoms with Gasteiger partial charge in [0.25, 0.3) is 0 Å². The van der Waals surface area contributed by atoms with E-state index in [2.05, 4.69) is 6.58 Å². The van der Waals surface area contributed by atoms with Crippen LogP contribution in [0.4, 0.5) is 0 Å². The Kier molecular flexibility index (Phi) is 5.79. The lowest BCUT2D eigenvalue weighted by molar-refractivity contribution is 0.228. The van der Waals surface area contributed by atoms with E-state index < -0.39 is 0 Å². The molecule has 1 heteroatoms. The topological polar surface area (TPSA) is 9.23 Å². The highest BCUT2D eigenvalue weighted by Gasteiger charge is 1.81. The minimum absolute atomic E-state index is 0.605. The summed E-state index contributed by atoms with van der Waals surface area (Å²) in [5, 5.41) is 0. The second-order valence-electron chi connectivity index (χ2n) is 1.98. The maximum Gasteiger partial charge on any atom is 0.0707 e. The van der Waals surface area contributed by atoms with Gasteiger partial charge in [-0.2, -0.15) is 0 Å². The van der Waals surface area contributed by atoms with Gasteiger partial charge in [0.2, 0.25) is 0 Å². The normalized spacial score (nSPS) is 11.4. The second-order valence-corrected chi connectivity index (χ2v) is 1.98. The molecule has 0 amide bonds. The molecule has 0 aliphatic carbocycles. The van der Waals surface area contributed by atoms with Crippen molar-refractivity contribution in [2.45, 2.75) is 6.92 Å². The van der Waals surface area contributed by atoms with Gasteiger partial charge in [0.1, 0.15) is 0 Å². The monoisotopic (exact) mass is 138 g/mol. The number of hydrogen-bond donors (Lipinski definition) is 0. The maximum absolute atomic E-state index is 4.86. The smallest absolute Gasteiger partial charge is 0.0707 e. The van der Waals surface area contributed by atoms with Gasteiger partial charge >= 0.3 is 0 Å². The number of methoxy groups -OCH3 is 1. The summed E-state index contributed by atoms with van der Waals surface area (Å²) in [5.74, 6) is 0. The molecule has 0 heterocycles. The number of allylic oxidation sites excluding steroid dienone is 3. The van der Waals surface area contributed by atoms with Gasteiger partial charge in [0, 0.05) is 7.11 Å². The molecule has 0 N–H and O–H groups in total. The lowest BCUT2D eigenvalue weighted by atomic mass is 10.3. The molecule has 0 aliphatic rings. The van der Waals surface area contributed by atoms with Crippen LogP contribution in [0.5, 0.6) is 0 Å². The Hall–Kier alpha value is -0.820. The summed E-state index contributed by atoms with van der Waals surface area (Å²) in [6.45, 7) is 6.35. The Morgan fingerprint density at radius 1 is 1.50 bits per heavy atom. The third-order valence-electron chi connectivity index (χ3n) is 0.965. The molecular formula is C9H14O. The molecule has 56 valence electrons. The van der Waals surface area contributed by atoms with Gasteiger partial charge in [-0.05, 0) is 12.5 Å². The molecule has 0 atom stereocenters. The molecule has 0 saturated heterocycles. The Morgan fingerprint density at radius 2 is 2.20 bits per heavy atom. The van der Waals surface area contributed by atoms with E-state index in [0.29, 0.717) is 6.61 Å². The number of ether oxygens (including phenoxy) is 1. The summed E-state index contributed by atoms with van der Waals surface area (Å²) in [4.78, 5) is 0. The first-order chi connectivity index (χ1) is 4.81. The summed E-state index contributed by atoms with van der Waals surface area (Å²) in [6.07, 6.45) is 7.81. The third kappa shape index (κ3) is 5.32. The van der Waals surface area contributed by atoms with Crippen LogP contribution >= 0.6 is 0 Å². The summed E-state index contributed by atoms with van der Waals surface area (Å²) in [5.41, 5.74) is 0.987. The second kappa shape index (κ2) is 6.30. The first-order valence-corrected chi connectivity index (χ1v) is 3.27. The number of rotatable bonds is 4. The van der Waals surface area contributed by atoms with E-state index in [-0.39, 0.29) is 0 Å². The summed E-state index contributed by atoms with van der Waals surface area (Å²) >= 11 is 0. The highest BCUT2D eigenvalue weighted by atomic mass is 16.5. The van der Waals surface area contributed by atoms with Crippen molar-refractivity contribution in [3.63, 3.8) is 0 Å². The average Bonchev–Trinajstić information content (AvgIpc) is 1.89. The Balaban J connectivity index is 3.56. The van der Waals surface area contributed by atoms with Crippen molar-refractivity contribution in [1.82, 2.24) is 0 Å². The predicted octanol–water partition coefficient (Wildman–Crippen LogP) is 2.32. The van der Waals surface area contributed by atoms with Crippen LogP contribution in [0.2, 0.25) is 0 Å². The fourth-order valence-electron chi connectivity index (χ4n) is 0.536. The zero-order valence-electron chi connectivity index (χ0n) is 6.63. The van der Waals surface area contributed by atoms with Gasteiger partial charge in [0.15, 0.2) is 0 Å². The summed E-state index contributed by atoms with van der Waals surface area (Å²) in [6, 6.07) is 0. The molecule has 0 fully saturated rings. The highest BCUT2D eigenvalue weighted by Crippen LogP contribution is 1.92. The van der Waals surface area contributed by atoms with E-state index >= 15 is 0 Å². The fourth-order valence-corrected chi connectivity index (χ4v) is 0.536. The molecule has 10 heavy (non-hydrogen) atoms. The van der Waals surface area contributed by atoms with E-state index in [0.717, 1.165) is 5.57 Å².